The molecule has 4 unspecified atom stereocenters. The number of carbonyl (C=O) groups is 1. The summed E-state index contributed by atoms with van der Waals surface area (Å²) in [6, 6.07) is 8.84. The van der Waals surface area contributed by atoms with Crippen molar-refractivity contribution in [3.05, 3.63) is 29.8 Å². The summed E-state index contributed by atoms with van der Waals surface area (Å²) in [7, 11) is 0. The minimum absolute atomic E-state index is 0.131. The topological polar surface area (TPSA) is 58.6 Å². The van der Waals surface area contributed by atoms with Crippen molar-refractivity contribution in [2.45, 2.75) is 44.1 Å². The molecule has 1 aromatic carbocycles. The number of benzene rings is 1. The first-order chi connectivity index (χ1) is 12.6. The van der Waals surface area contributed by atoms with Crippen molar-refractivity contribution >= 4 is 23.0 Å². The molecule has 1 aromatic rings. The van der Waals surface area contributed by atoms with Crippen LogP contribution in [0.4, 0.5) is 5.69 Å². The zero-order chi connectivity index (χ0) is 18.1. The van der Waals surface area contributed by atoms with E-state index in [9.17, 15) is 9.35 Å². The third kappa shape index (κ3) is 3.87. The van der Waals surface area contributed by atoms with E-state index in [1.54, 1.807) is 6.26 Å². The van der Waals surface area contributed by atoms with Gasteiger partial charge in [0.05, 0.1) is 6.04 Å². The molecule has 4 atom stereocenters. The third-order valence-corrected chi connectivity index (χ3v) is 6.64. The lowest BCUT2D eigenvalue weighted by atomic mass is 10.0. The van der Waals surface area contributed by atoms with Gasteiger partial charge in [0.2, 0.25) is 5.91 Å². The summed E-state index contributed by atoms with van der Waals surface area (Å²) in [5.74, 6) is 0.786. The van der Waals surface area contributed by atoms with Crippen LogP contribution in [0.15, 0.2) is 24.3 Å². The zero-order valence-corrected chi connectivity index (χ0v) is 16.3. The van der Waals surface area contributed by atoms with Gasteiger partial charge in [0.1, 0.15) is 6.26 Å². The van der Waals surface area contributed by atoms with E-state index in [0.29, 0.717) is 12.5 Å². The molecule has 1 amide bonds. The van der Waals surface area contributed by atoms with Gasteiger partial charge in [-0.1, -0.05) is 18.2 Å². The van der Waals surface area contributed by atoms with Crippen LogP contribution in [0, 0.1) is 5.92 Å². The average Bonchev–Trinajstić information content (AvgIpc) is 3.33. The van der Waals surface area contributed by atoms with Gasteiger partial charge in [0.15, 0.2) is 0 Å². The van der Waals surface area contributed by atoms with Gasteiger partial charge in [-0.2, -0.15) is 0 Å². The van der Waals surface area contributed by atoms with Gasteiger partial charge < -0.3 is 14.4 Å². The fraction of sp³-hybridized carbons (Fsp3) is 0.650. The molecule has 0 aromatic heterocycles. The van der Waals surface area contributed by atoms with Crippen LogP contribution in [-0.2, 0) is 16.2 Å². The number of para-hydroxylation sites is 1. The van der Waals surface area contributed by atoms with E-state index < -0.39 is 11.4 Å². The van der Waals surface area contributed by atoms with Gasteiger partial charge in [0.25, 0.3) is 0 Å². The molecule has 3 fully saturated rings. The molecule has 2 heterocycles. The predicted molar refractivity (Wildman–Crippen MR) is 106 cm³/mol. The Bertz CT molecular complexity index is 648. The number of nitrogens with one attached hydrogen (secondary N) is 1. The van der Waals surface area contributed by atoms with Crippen molar-refractivity contribution in [3.8, 4) is 0 Å². The first kappa shape index (κ1) is 18.1. The maximum absolute atomic E-state index is 12.9. The number of anilines is 1. The van der Waals surface area contributed by atoms with E-state index in [1.165, 1.54) is 30.5 Å². The molecule has 5 nitrogen and oxygen atoms in total. The summed E-state index contributed by atoms with van der Waals surface area (Å²) in [4.78, 5) is 17.4. The summed E-state index contributed by atoms with van der Waals surface area (Å²) in [6.07, 6.45) is 7.38. The third-order valence-electron chi connectivity index (χ3n) is 5.97. The van der Waals surface area contributed by atoms with E-state index >= 15 is 0 Å². The average molecular weight is 376 g/mol. The van der Waals surface area contributed by atoms with Crippen molar-refractivity contribution in [1.29, 1.82) is 0 Å². The highest BCUT2D eigenvalue weighted by atomic mass is 32.2. The molecule has 0 spiro atoms. The number of carbonyl (C=O) groups excluding carboxylic acids is 1. The van der Waals surface area contributed by atoms with Gasteiger partial charge >= 0.3 is 0 Å². The summed E-state index contributed by atoms with van der Waals surface area (Å²) in [6.45, 7) is 3.74. The Morgan fingerprint density at radius 2 is 1.96 bits per heavy atom. The molecule has 2 aliphatic heterocycles. The highest BCUT2D eigenvalue weighted by molar-refractivity contribution is 7.88. The Labute approximate surface area is 159 Å². The summed E-state index contributed by atoms with van der Waals surface area (Å²) >= 11 is -1.01. The van der Waals surface area contributed by atoms with Gasteiger partial charge in [-0.3, -0.25) is 4.79 Å². The van der Waals surface area contributed by atoms with Crippen LogP contribution < -0.4 is 9.62 Å². The quantitative estimate of drug-likeness (QED) is 0.802. The lowest BCUT2D eigenvalue weighted by Gasteiger charge is -2.30. The standard InChI is InChI=1S/C20H29N3O2S/c1-26(25)21-15-9-12-23(14-15)20(24)18-13-17(18)16-7-3-4-8-19(16)22-10-5-2-6-11-22/h3-4,7-8,15,17-18,21H,2,5-6,9-14H2,1H3. The normalized spacial score (nSPS) is 29.7. The largest absolute Gasteiger partial charge is 0.598 e. The SMILES string of the molecule is C[S+]([O-])NC1CCN(C(=O)C2CC2c2ccccc2N2CCCCC2)C1. The number of likely N-dealkylation sites (tertiary alicyclic amines) is 1. The van der Waals surface area contributed by atoms with Crippen molar-refractivity contribution < 1.29 is 9.35 Å². The number of piperidine rings is 1. The van der Waals surface area contributed by atoms with Gasteiger partial charge in [0, 0.05) is 49.1 Å². The van der Waals surface area contributed by atoms with Gasteiger partial charge in [-0.05, 0) is 49.7 Å². The molecule has 6 heteroatoms. The van der Waals surface area contributed by atoms with E-state index in [4.69, 9.17) is 0 Å². The minimum atomic E-state index is -1.01. The first-order valence-corrected chi connectivity index (χ1v) is 11.4. The Hall–Kier alpha value is -1.24. The second kappa shape index (κ2) is 7.79. The Morgan fingerprint density at radius 3 is 2.73 bits per heavy atom. The number of hydrogen-bond acceptors (Lipinski definition) is 4. The van der Waals surface area contributed by atoms with Crippen molar-refractivity contribution in [3.63, 3.8) is 0 Å². The van der Waals surface area contributed by atoms with Crippen molar-refractivity contribution in [1.82, 2.24) is 9.62 Å². The maximum atomic E-state index is 12.9. The van der Waals surface area contributed by atoms with E-state index in [-0.39, 0.29) is 17.9 Å². The highest BCUT2D eigenvalue weighted by Crippen LogP contribution is 2.51. The van der Waals surface area contributed by atoms with Crippen LogP contribution in [0.3, 0.4) is 0 Å². The smallest absolute Gasteiger partial charge is 0.226 e. The second-order valence-electron chi connectivity index (χ2n) is 7.90. The van der Waals surface area contributed by atoms with Crippen molar-refractivity contribution in [2.75, 3.05) is 37.3 Å². The van der Waals surface area contributed by atoms with Crippen LogP contribution >= 0.6 is 0 Å². The maximum Gasteiger partial charge on any atom is 0.226 e. The summed E-state index contributed by atoms with van der Waals surface area (Å²) < 4.78 is 14.4. The molecule has 1 aliphatic carbocycles. The molecule has 4 rings (SSSR count). The Kier molecular flexibility index (Phi) is 5.43. The minimum Gasteiger partial charge on any atom is -0.598 e. The molecular formula is C20H29N3O2S. The number of rotatable bonds is 5. The molecular weight excluding hydrogens is 346 g/mol. The molecule has 26 heavy (non-hydrogen) atoms. The highest BCUT2D eigenvalue weighted by Gasteiger charge is 2.48. The first-order valence-electron chi connectivity index (χ1n) is 9.85. The van der Waals surface area contributed by atoms with Crippen molar-refractivity contribution in [2.24, 2.45) is 5.92 Å². The molecule has 142 valence electrons. The fourth-order valence-electron chi connectivity index (χ4n) is 4.56. The van der Waals surface area contributed by atoms with Gasteiger partial charge in [-0.25, -0.2) is 0 Å². The molecule has 3 aliphatic rings. The molecule has 0 radical (unpaired) electrons. The zero-order valence-electron chi connectivity index (χ0n) is 15.5. The van der Waals surface area contributed by atoms with Crippen LogP contribution in [-0.4, -0.2) is 53.8 Å². The number of amides is 1. The van der Waals surface area contributed by atoms with E-state index in [1.807, 2.05) is 4.90 Å². The lowest BCUT2D eigenvalue weighted by Crippen LogP contribution is -2.38. The molecule has 2 saturated heterocycles. The van der Waals surface area contributed by atoms with E-state index in [2.05, 4.69) is 33.9 Å². The Balaban J connectivity index is 1.40. The van der Waals surface area contributed by atoms with Gasteiger partial charge in [-0.15, -0.1) is 4.72 Å². The molecule has 1 N–H and O–H groups in total. The van der Waals surface area contributed by atoms with Crippen LogP contribution in [0.1, 0.15) is 43.6 Å². The number of hydrogen-bond donors (Lipinski definition) is 1. The predicted octanol–water partition coefficient (Wildman–Crippen LogP) is 2.26. The van der Waals surface area contributed by atoms with Crippen LogP contribution in [0.2, 0.25) is 0 Å². The lowest BCUT2D eigenvalue weighted by molar-refractivity contribution is -0.131. The van der Waals surface area contributed by atoms with E-state index in [0.717, 1.165) is 32.5 Å². The summed E-state index contributed by atoms with van der Waals surface area (Å²) in [5, 5.41) is 0. The van der Waals surface area contributed by atoms with Crippen LogP contribution in [0.5, 0.6) is 0 Å². The van der Waals surface area contributed by atoms with Crippen LogP contribution in [0.25, 0.3) is 0 Å². The fourth-order valence-corrected chi connectivity index (χ4v) is 5.22. The summed E-state index contributed by atoms with van der Waals surface area (Å²) in [5.41, 5.74) is 2.70. The second-order valence-corrected chi connectivity index (χ2v) is 9.04. The number of nitrogens with zero attached hydrogens (tertiary/aromatic N) is 2. The molecule has 1 saturated carbocycles. The Morgan fingerprint density at radius 1 is 1.19 bits per heavy atom. The monoisotopic (exact) mass is 375 g/mol. The molecule has 0 bridgehead atoms.